The van der Waals surface area contributed by atoms with Gasteiger partial charge in [0.05, 0.1) is 17.6 Å². The van der Waals surface area contributed by atoms with Gasteiger partial charge in [0.25, 0.3) is 0 Å². The second-order valence-electron chi connectivity index (χ2n) is 2.85. The predicted octanol–water partition coefficient (Wildman–Crippen LogP) is 0.783. The summed E-state index contributed by atoms with van der Waals surface area (Å²) in [7, 11) is 1.35. The molecule has 0 radical (unpaired) electrons. The molecule has 0 saturated carbocycles. The van der Waals surface area contributed by atoms with Crippen LogP contribution >= 0.6 is 0 Å². The highest BCUT2D eigenvalue weighted by atomic mass is 16.6. The van der Waals surface area contributed by atoms with Crippen LogP contribution in [0.25, 0.3) is 11.4 Å². The van der Waals surface area contributed by atoms with Gasteiger partial charge in [-0.3, -0.25) is 10.1 Å². The maximum absolute atomic E-state index is 10.8. The third kappa shape index (κ3) is 1.56. The lowest BCUT2D eigenvalue weighted by molar-refractivity contribution is -0.385. The highest BCUT2D eigenvalue weighted by molar-refractivity contribution is 5.70. The Kier molecular flexibility index (Phi) is 2.46. The second kappa shape index (κ2) is 3.93. The molecular weight excluding hydrogens is 214 g/mol. The zero-order valence-electron chi connectivity index (χ0n) is 8.25. The van der Waals surface area contributed by atoms with E-state index >= 15 is 0 Å². The number of rotatable bonds is 3. The van der Waals surface area contributed by atoms with Crippen LogP contribution in [0.1, 0.15) is 0 Å². The van der Waals surface area contributed by atoms with Crippen molar-refractivity contribution in [1.29, 1.82) is 0 Å². The second-order valence-corrected chi connectivity index (χ2v) is 2.85. The summed E-state index contributed by atoms with van der Waals surface area (Å²) < 4.78 is 5.00. The Morgan fingerprint density at radius 3 is 2.88 bits per heavy atom. The molecule has 1 N–H and O–H groups in total. The molecule has 8 heteroatoms. The zero-order valence-corrected chi connectivity index (χ0v) is 8.25. The number of nitrogens with one attached hydrogen (secondary N) is 1. The normalized spacial score (nSPS) is 10.1. The van der Waals surface area contributed by atoms with Gasteiger partial charge in [-0.25, -0.2) is 0 Å². The van der Waals surface area contributed by atoms with Crippen LogP contribution in [0.5, 0.6) is 5.75 Å². The van der Waals surface area contributed by atoms with E-state index in [-0.39, 0.29) is 17.3 Å². The van der Waals surface area contributed by atoms with Crippen molar-refractivity contribution in [3.05, 3.63) is 28.3 Å². The third-order valence-electron chi connectivity index (χ3n) is 1.98. The van der Waals surface area contributed by atoms with Crippen LogP contribution in [0.2, 0.25) is 0 Å². The van der Waals surface area contributed by atoms with Gasteiger partial charge in [0.15, 0.2) is 0 Å². The van der Waals surface area contributed by atoms with Gasteiger partial charge in [0.2, 0.25) is 11.6 Å². The first-order valence-electron chi connectivity index (χ1n) is 4.29. The van der Waals surface area contributed by atoms with Crippen molar-refractivity contribution in [3.8, 4) is 17.1 Å². The highest BCUT2D eigenvalue weighted by Crippen LogP contribution is 2.35. The molecule has 0 aliphatic carbocycles. The molecule has 0 saturated heterocycles. The Morgan fingerprint density at radius 2 is 2.31 bits per heavy atom. The van der Waals surface area contributed by atoms with E-state index in [0.717, 1.165) is 0 Å². The maximum Gasteiger partial charge on any atom is 0.311 e. The van der Waals surface area contributed by atoms with Gasteiger partial charge in [-0.05, 0) is 11.3 Å². The standard InChI is InChI=1S/C8H7N5O3/c1-16-7-5(8-9-11-12-10-8)3-2-4-6(7)13(14)15/h2-4H,1H3,(H,9,10,11,12). The summed E-state index contributed by atoms with van der Waals surface area (Å²) >= 11 is 0. The molecule has 0 bridgehead atoms. The van der Waals surface area contributed by atoms with E-state index in [2.05, 4.69) is 20.6 Å². The largest absolute Gasteiger partial charge is 0.490 e. The van der Waals surface area contributed by atoms with Crippen LogP contribution in [0, 0.1) is 10.1 Å². The van der Waals surface area contributed by atoms with Crippen LogP contribution in [0.4, 0.5) is 5.69 Å². The fourth-order valence-corrected chi connectivity index (χ4v) is 1.34. The number of hydrogen-bond donors (Lipinski definition) is 1. The summed E-state index contributed by atoms with van der Waals surface area (Å²) in [5, 5.41) is 23.9. The minimum absolute atomic E-state index is 0.119. The van der Waals surface area contributed by atoms with E-state index in [9.17, 15) is 10.1 Å². The Morgan fingerprint density at radius 1 is 1.50 bits per heavy atom. The number of nitro benzene ring substituents is 1. The monoisotopic (exact) mass is 221 g/mol. The molecular formula is C8H7N5O3. The van der Waals surface area contributed by atoms with Crippen LogP contribution in [-0.2, 0) is 0 Å². The number of H-pyrrole nitrogens is 1. The average Bonchev–Trinajstić information content (AvgIpc) is 2.81. The van der Waals surface area contributed by atoms with Crippen LogP contribution in [-0.4, -0.2) is 32.7 Å². The number of methoxy groups -OCH3 is 1. The molecule has 82 valence electrons. The number of tetrazole rings is 1. The van der Waals surface area contributed by atoms with E-state index in [1.165, 1.54) is 19.2 Å². The van der Waals surface area contributed by atoms with Crippen molar-refractivity contribution in [2.75, 3.05) is 7.11 Å². The number of aromatic amines is 1. The molecule has 8 nitrogen and oxygen atoms in total. The van der Waals surface area contributed by atoms with Crippen LogP contribution in [0.3, 0.4) is 0 Å². The molecule has 16 heavy (non-hydrogen) atoms. The van der Waals surface area contributed by atoms with Crippen molar-refractivity contribution in [3.63, 3.8) is 0 Å². The highest BCUT2D eigenvalue weighted by Gasteiger charge is 2.21. The SMILES string of the molecule is COc1c(-c2nn[nH]n2)cccc1[N+](=O)[O-]. The minimum Gasteiger partial charge on any atom is -0.490 e. The molecule has 1 aromatic heterocycles. The summed E-state index contributed by atoms with van der Waals surface area (Å²) in [5.74, 6) is 0.370. The van der Waals surface area contributed by atoms with Crippen molar-refractivity contribution in [2.45, 2.75) is 0 Å². The first-order chi connectivity index (χ1) is 7.74. The van der Waals surface area contributed by atoms with Gasteiger partial charge in [-0.2, -0.15) is 5.21 Å². The minimum atomic E-state index is -0.525. The van der Waals surface area contributed by atoms with E-state index in [0.29, 0.717) is 5.56 Å². The Balaban J connectivity index is 2.62. The van der Waals surface area contributed by atoms with Gasteiger partial charge in [0.1, 0.15) is 0 Å². The lowest BCUT2D eigenvalue weighted by Crippen LogP contribution is -1.96. The predicted molar refractivity (Wildman–Crippen MR) is 52.8 cm³/mol. The molecule has 0 unspecified atom stereocenters. The number of nitrogens with zero attached hydrogens (tertiary/aromatic N) is 4. The van der Waals surface area contributed by atoms with E-state index in [4.69, 9.17) is 4.74 Å². The third-order valence-corrected chi connectivity index (χ3v) is 1.98. The van der Waals surface area contributed by atoms with Gasteiger partial charge in [-0.15, -0.1) is 10.2 Å². The van der Waals surface area contributed by atoms with Crippen molar-refractivity contribution < 1.29 is 9.66 Å². The Bertz CT molecular complexity index is 510. The van der Waals surface area contributed by atoms with Gasteiger partial charge >= 0.3 is 5.69 Å². The summed E-state index contributed by atoms with van der Waals surface area (Å²) in [4.78, 5) is 10.2. The molecule has 1 aromatic carbocycles. The van der Waals surface area contributed by atoms with Gasteiger partial charge in [0, 0.05) is 6.07 Å². The number of benzene rings is 1. The van der Waals surface area contributed by atoms with Crippen LogP contribution in [0.15, 0.2) is 18.2 Å². The summed E-state index contributed by atoms with van der Waals surface area (Å²) in [6.45, 7) is 0. The molecule has 2 aromatic rings. The molecule has 1 heterocycles. The molecule has 0 atom stereocenters. The fourth-order valence-electron chi connectivity index (χ4n) is 1.34. The van der Waals surface area contributed by atoms with Crippen molar-refractivity contribution in [1.82, 2.24) is 20.6 Å². The Hall–Kier alpha value is -2.51. The van der Waals surface area contributed by atoms with Crippen molar-refractivity contribution >= 4 is 5.69 Å². The molecule has 0 amide bonds. The Labute approximate surface area is 89.4 Å². The van der Waals surface area contributed by atoms with Crippen LogP contribution < -0.4 is 4.74 Å². The smallest absolute Gasteiger partial charge is 0.311 e. The number of nitro groups is 1. The van der Waals surface area contributed by atoms with E-state index in [1.807, 2.05) is 0 Å². The fraction of sp³-hybridized carbons (Fsp3) is 0.125. The number of para-hydroxylation sites is 1. The maximum atomic E-state index is 10.8. The first kappa shape index (κ1) is 10.0. The summed E-state index contributed by atoms with van der Waals surface area (Å²) in [5.41, 5.74) is 0.287. The molecule has 0 aliphatic rings. The zero-order chi connectivity index (χ0) is 11.5. The number of hydrogen-bond acceptors (Lipinski definition) is 6. The summed E-state index contributed by atoms with van der Waals surface area (Å²) in [6, 6.07) is 4.51. The van der Waals surface area contributed by atoms with E-state index < -0.39 is 4.92 Å². The molecule has 2 rings (SSSR count). The lowest BCUT2D eigenvalue weighted by Gasteiger charge is -2.04. The van der Waals surface area contributed by atoms with Crippen molar-refractivity contribution in [2.24, 2.45) is 0 Å². The molecule has 0 aliphatic heterocycles. The average molecular weight is 221 g/mol. The molecule has 0 spiro atoms. The quantitative estimate of drug-likeness (QED) is 0.606. The number of aromatic nitrogens is 4. The topological polar surface area (TPSA) is 107 Å². The molecule has 0 fully saturated rings. The summed E-state index contributed by atoms with van der Waals surface area (Å²) in [6.07, 6.45) is 0. The first-order valence-corrected chi connectivity index (χ1v) is 4.29. The van der Waals surface area contributed by atoms with Gasteiger partial charge in [-0.1, -0.05) is 6.07 Å². The lowest BCUT2D eigenvalue weighted by atomic mass is 10.1. The van der Waals surface area contributed by atoms with E-state index in [1.54, 1.807) is 6.07 Å². The number of ether oxygens (including phenoxy) is 1. The van der Waals surface area contributed by atoms with Gasteiger partial charge < -0.3 is 4.74 Å².